The van der Waals surface area contributed by atoms with Crippen LogP contribution in [-0.4, -0.2) is 37.8 Å². The molecular weight excluding hydrogens is 158 g/mol. The highest BCUT2D eigenvalue weighted by molar-refractivity contribution is 8.00. The summed E-state index contributed by atoms with van der Waals surface area (Å²) in [5.74, 6) is 2.62. The lowest BCUT2D eigenvalue weighted by atomic mass is 10.3. The fraction of sp³-hybridized carbons (Fsp3) is 1.00. The molecule has 0 aliphatic carbocycles. The quantitative estimate of drug-likeness (QED) is 0.611. The largest absolute Gasteiger partial charge is 0.385 e. The van der Waals surface area contributed by atoms with Crippen LogP contribution in [0.2, 0.25) is 0 Å². The lowest BCUT2D eigenvalue weighted by Gasteiger charge is -2.25. The summed E-state index contributed by atoms with van der Waals surface area (Å²) in [4.78, 5) is 0. The topological polar surface area (TPSA) is 21.3 Å². The van der Waals surface area contributed by atoms with E-state index in [1.807, 2.05) is 11.8 Å². The van der Waals surface area contributed by atoms with Gasteiger partial charge in [0.05, 0.1) is 0 Å². The van der Waals surface area contributed by atoms with Crippen LogP contribution < -0.4 is 5.32 Å². The maximum atomic E-state index is 4.96. The van der Waals surface area contributed by atoms with Crippen LogP contribution in [0, 0.1) is 0 Å². The van der Waals surface area contributed by atoms with Gasteiger partial charge in [-0.1, -0.05) is 0 Å². The van der Waals surface area contributed by atoms with Gasteiger partial charge in [-0.05, 0) is 19.4 Å². The molecule has 0 atom stereocenters. The fourth-order valence-electron chi connectivity index (χ4n) is 1.03. The number of hydrogen-bond donors (Lipinski definition) is 1. The molecule has 1 fully saturated rings. The van der Waals surface area contributed by atoms with Gasteiger partial charge in [0.2, 0.25) is 0 Å². The maximum Gasteiger partial charge on any atom is 0.0462 e. The summed E-state index contributed by atoms with van der Waals surface area (Å²) in [7, 11) is 1.76. The van der Waals surface area contributed by atoms with Gasteiger partial charge >= 0.3 is 0 Å². The molecule has 0 saturated carbocycles. The number of hydrogen-bond acceptors (Lipinski definition) is 3. The predicted octanol–water partition coefficient (Wildman–Crippen LogP) is 1.12. The van der Waals surface area contributed by atoms with E-state index < -0.39 is 0 Å². The summed E-state index contributed by atoms with van der Waals surface area (Å²) >= 11 is 2.03. The zero-order chi connectivity index (χ0) is 7.94. The Morgan fingerprint density at radius 3 is 2.82 bits per heavy atom. The highest BCUT2D eigenvalue weighted by Gasteiger charge is 2.15. The van der Waals surface area contributed by atoms with E-state index in [2.05, 4.69) is 5.32 Å². The molecule has 1 aliphatic heterocycles. The second-order valence-electron chi connectivity index (χ2n) is 2.89. The van der Waals surface area contributed by atoms with Gasteiger partial charge in [0.25, 0.3) is 0 Å². The standard InChI is InChI=1S/C8H17NOS/c1-10-5-3-2-4-9-8-6-11-7-8/h8-9H,2-7H2,1H3. The molecule has 0 unspecified atom stereocenters. The van der Waals surface area contributed by atoms with Crippen molar-refractivity contribution in [2.24, 2.45) is 0 Å². The Morgan fingerprint density at radius 1 is 1.45 bits per heavy atom. The third kappa shape index (κ3) is 3.99. The maximum absolute atomic E-state index is 4.96. The van der Waals surface area contributed by atoms with Crippen LogP contribution >= 0.6 is 11.8 Å². The van der Waals surface area contributed by atoms with Crippen LogP contribution in [0.1, 0.15) is 12.8 Å². The van der Waals surface area contributed by atoms with Crippen LogP contribution in [0.5, 0.6) is 0 Å². The Bertz CT molecular complexity index is 96.1. The molecule has 1 aliphatic rings. The number of ether oxygens (including phenoxy) is 1. The molecule has 3 heteroatoms. The molecule has 1 N–H and O–H groups in total. The first-order valence-electron chi connectivity index (χ1n) is 4.23. The third-order valence-electron chi connectivity index (χ3n) is 1.85. The number of methoxy groups -OCH3 is 1. The molecule has 66 valence electrons. The van der Waals surface area contributed by atoms with Gasteiger partial charge < -0.3 is 10.1 Å². The molecule has 0 aromatic rings. The van der Waals surface area contributed by atoms with Gasteiger partial charge in [-0.15, -0.1) is 0 Å². The minimum absolute atomic E-state index is 0.808. The van der Waals surface area contributed by atoms with E-state index in [1.165, 1.54) is 24.3 Å². The molecule has 0 aromatic heterocycles. The molecule has 1 saturated heterocycles. The highest BCUT2D eigenvalue weighted by Crippen LogP contribution is 2.16. The van der Waals surface area contributed by atoms with Crippen molar-refractivity contribution in [3.05, 3.63) is 0 Å². The molecule has 11 heavy (non-hydrogen) atoms. The van der Waals surface area contributed by atoms with Crippen molar-refractivity contribution in [1.82, 2.24) is 5.32 Å². The van der Waals surface area contributed by atoms with Crippen LogP contribution in [0.3, 0.4) is 0 Å². The molecular formula is C8H17NOS. The average Bonchev–Trinajstić information content (AvgIpc) is 1.93. The molecule has 0 bridgehead atoms. The summed E-state index contributed by atoms with van der Waals surface area (Å²) in [5.41, 5.74) is 0. The first-order valence-corrected chi connectivity index (χ1v) is 5.39. The lowest BCUT2D eigenvalue weighted by molar-refractivity contribution is 0.192. The first kappa shape index (κ1) is 9.36. The summed E-state index contributed by atoms with van der Waals surface area (Å²) in [6.45, 7) is 2.07. The minimum Gasteiger partial charge on any atom is -0.385 e. The summed E-state index contributed by atoms with van der Waals surface area (Å²) in [5, 5.41) is 3.50. The van der Waals surface area contributed by atoms with Gasteiger partial charge in [-0.2, -0.15) is 11.8 Å². The van der Waals surface area contributed by atoms with Gasteiger partial charge in [0.15, 0.2) is 0 Å². The lowest BCUT2D eigenvalue weighted by Crippen LogP contribution is -2.40. The summed E-state index contributed by atoms with van der Waals surface area (Å²) in [6.07, 6.45) is 2.43. The Kier molecular flexibility index (Phi) is 4.99. The van der Waals surface area contributed by atoms with Crippen molar-refractivity contribution < 1.29 is 4.74 Å². The van der Waals surface area contributed by atoms with Crippen molar-refractivity contribution >= 4 is 11.8 Å². The Balaban J connectivity index is 1.73. The Hall–Kier alpha value is 0.270. The number of unbranched alkanes of at least 4 members (excludes halogenated alkanes) is 1. The summed E-state index contributed by atoms with van der Waals surface area (Å²) in [6, 6.07) is 0.808. The number of thioether (sulfide) groups is 1. The van der Waals surface area contributed by atoms with E-state index in [-0.39, 0.29) is 0 Å². The molecule has 0 aromatic carbocycles. The van der Waals surface area contributed by atoms with Crippen molar-refractivity contribution in [2.75, 3.05) is 31.8 Å². The zero-order valence-electron chi connectivity index (χ0n) is 7.14. The number of rotatable bonds is 6. The van der Waals surface area contributed by atoms with Crippen LogP contribution in [-0.2, 0) is 4.74 Å². The smallest absolute Gasteiger partial charge is 0.0462 e. The third-order valence-corrected chi connectivity index (χ3v) is 3.12. The van der Waals surface area contributed by atoms with Gasteiger partial charge in [-0.25, -0.2) is 0 Å². The van der Waals surface area contributed by atoms with E-state index in [0.717, 1.165) is 19.2 Å². The molecule has 0 spiro atoms. The average molecular weight is 175 g/mol. The summed E-state index contributed by atoms with van der Waals surface area (Å²) < 4.78 is 4.96. The molecule has 2 nitrogen and oxygen atoms in total. The van der Waals surface area contributed by atoms with E-state index in [9.17, 15) is 0 Å². The Morgan fingerprint density at radius 2 is 2.27 bits per heavy atom. The zero-order valence-corrected chi connectivity index (χ0v) is 7.95. The van der Waals surface area contributed by atoms with Crippen LogP contribution in [0.4, 0.5) is 0 Å². The van der Waals surface area contributed by atoms with Crippen LogP contribution in [0.25, 0.3) is 0 Å². The van der Waals surface area contributed by atoms with Gasteiger partial charge in [0.1, 0.15) is 0 Å². The van der Waals surface area contributed by atoms with Crippen molar-refractivity contribution in [3.8, 4) is 0 Å². The monoisotopic (exact) mass is 175 g/mol. The van der Waals surface area contributed by atoms with E-state index in [0.29, 0.717) is 0 Å². The predicted molar refractivity (Wildman–Crippen MR) is 50.2 cm³/mol. The van der Waals surface area contributed by atoms with Crippen LogP contribution in [0.15, 0.2) is 0 Å². The van der Waals surface area contributed by atoms with Crippen molar-refractivity contribution in [2.45, 2.75) is 18.9 Å². The van der Waals surface area contributed by atoms with E-state index in [4.69, 9.17) is 4.74 Å². The number of nitrogens with one attached hydrogen (secondary N) is 1. The second-order valence-corrected chi connectivity index (χ2v) is 3.96. The molecule has 1 heterocycles. The minimum atomic E-state index is 0.808. The second kappa shape index (κ2) is 5.86. The van der Waals surface area contributed by atoms with Gasteiger partial charge in [0, 0.05) is 31.3 Å². The van der Waals surface area contributed by atoms with E-state index in [1.54, 1.807) is 7.11 Å². The first-order chi connectivity index (χ1) is 5.43. The highest BCUT2D eigenvalue weighted by atomic mass is 32.2. The molecule has 0 radical (unpaired) electrons. The van der Waals surface area contributed by atoms with Crippen molar-refractivity contribution in [1.29, 1.82) is 0 Å². The van der Waals surface area contributed by atoms with Gasteiger partial charge in [-0.3, -0.25) is 0 Å². The molecule has 1 rings (SSSR count). The fourth-order valence-corrected chi connectivity index (χ4v) is 1.74. The van der Waals surface area contributed by atoms with E-state index >= 15 is 0 Å². The normalized spacial score (nSPS) is 18.3. The molecule has 0 amide bonds. The van der Waals surface area contributed by atoms with Crippen molar-refractivity contribution in [3.63, 3.8) is 0 Å². The SMILES string of the molecule is COCCCCNC1CSC1. The Labute approximate surface area is 73.1 Å².